The molecule has 0 bridgehead atoms. The van der Waals surface area contributed by atoms with Crippen molar-refractivity contribution in [3.63, 3.8) is 0 Å². The van der Waals surface area contributed by atoms with E-state index in [-0.39, 0.29) is 18.2 Å². The highest BCUT2D eigenvalue weighted by Gasteiger charge is 2.12. The number of nitro benzene ring substituents is 1. The molecule has 0 saturated carbocycles. The summed E-state index contributed by atoms with van der Waals surface area (Å²) in [5.41, 5.74) is 0.742. The highest BCUT2D eigenvalue weighted by Crippen LogP contribution is 2.24. The summed E-state index contributed by atoms with van der Waals surface area (Å²) in [5.74, 6) is 0.598. The van der Waals surface area contributed by atoms with E-state index >= 15 is 0 Å². The third kappa shape index (κ3) is 6.07. The third-order valence-corrected chi connectivity index (χ3v) is 2.89. The van der Waals surface area contributed by atoms with E-state index in [0.29, 0.717) is 37.6 Å². The van der Waals surface area contributed by atoms with Crippen LogP contribution in [0, 0.1) is 16.0 Å². The first-order valence-corrected chi connectivity index (χ1v) is 6.79. The van der Waals surface area contributed by atoms with Gasteiger partial charge < -0.3 is 19.9 Å². The van der Waals surface area contributed by atoms with Gasteiger partial charge in [-0.1, -0.05) is 6.92 Å². The number of non-ortho nitro benzene ring substituents is 1. The van der Waals surface area contributed by atoms with E-state index in [0.717, 1.165) is 0 Å². The Kier molecular flexibility index (Phi) is 7.66. The summed E-state index contributed by atoms with van der Waals surface area (Å²) in [6.45, 7) is 3.92. The van der Waals surface area contributed by atoms with Crippen LogP contribution in [0.5, 0.6) is 5.75 Å². The molecule has 2 N–H and O–H groups in total. The number of ether oxygens (including phenoxy) is 2. The molecule has 0 aliphatic heterocycles. The highest BCUT2D eigenvalue weighted by atomic mass is 16.6. The van der Waals surface area contributed by atoms with Crippen LogP contribution in [-0.2, 0) is 11.3 Å². The van der Waals surface area contributed by atoms with Gasteiger partial charge in [-0.2, -0.15) is 0 Å². The van der Waals surface area contributed by atoms with Gasteiger partial charge in [0.15, 0.2) is 0 Å². The number of hydrogen-bond acceptors (Lipinski definition) is 6. The minimum Gasteiger partial charge on any atom is -0.493 e. The zero-order valence-electron chi connectivity index (χ0n) is 12.4. The molecule has 1 atom stereocenters. The molecule has 1 rings (SSSR count). The lowest BCUT2D eigenvalue weighted by Gasteiger charge is -2.14. The van der Waals surface area contributed by atoms with E-state index in [1.807, 2.05) is 6.92 Å². The van der Waals surface area contributed by atoms with E-state index in [1.165, 1.54) is 12.1 Å². The summed E-state index contributed by atoms with van der Waals surface area (Å²) in [7, 11) is 1.61. The summed E-state index contributed by atoms with van der Waals surface area (Å²) in [5, 5.41) is 23.0. The highest BCUT2D eigenvalue weighted by molar-refractivity contribution is 5.43. The average molecular weight is 298 g/mol. The number of nitro groups is 1. The van der Waals surface area contributed by atoms with Gasteiger partial charge in [0.25, 0.3) is 5.69 Å². The minimum absolute atomic E-state index is 0.00879. The first-order valence-electron chi connectivity index (χ1n) is 6.79. The lowest BCUT2D eigenvalue weighted by Crippen LogP contribution is -2.20. The van der Waals surface area contributed by atoms with Crippen molar-refractivity contribution in [2.24, 2.45) is 5.92 Å². The van der Waals surface area contributed by atoms with Crippen molar-refractivity contribution >= 4 is 5.69 Å². The molecule has 0 aliphatic rings. The number of aliphatic hydroxyl groups excluding tert-OH is 1. The summed E-state index contributed by atoms with van der Waals surface area (Å²) in [6, 6.07) is 4.51. The number of nitrogens with one attached hydrogen (secondary N) is 1. The number of benzene rings is 1. The number of hydrogen-bond donors (Lipinski definition) is 2. The fraction of sp³-hybridized carbons (Fsp3) is 0.571. The van der Waals surface area contributed by atoms with Gasteiger partial charge >= 0.3 is 0 Å². The van der Waals surface area contributed by atoms with Gasteiger partial charge in [0.05, 0.1) is 18.1 Å². The summed E-state index contributed by atoms with van der Waals surface area (Å²) < 4.78 is 10.6. The Morgan fingerprint density at radius 3 is 2.86 bits per heavy atom. The first kappa shape index (κ1) is 17.4. The second kappa shape index (κ2) is 9.28. The predicted octanol–water partition coefficient (Wildman–Crippen LogP) is 1.34. The van der Waals surface area contributed by atoms with Crippen molar-refractivity contribution in [3.8, 4) is 5.75 Å². The Morgan fingerprint density at radius 1 is 1.48 bits per heavy atom. The van der Waals surface area contributed by atoms with Crippen molar-refractivity contribution < 1.29 is 19.5 Å². The van der Waals surface area contributed by atoms with Crippen LogP contribution in [0.1, 0.15) is 12.5 Å². The molecule has 0 heterocycles. The number of methoxy groups -OCH3 is 1. The van der Waals surface area contributed by atoms with Crippen LogP contribution in [-0.4, -0.2) is 43.5 Å². The third-order valence-electron chi connectivity index (χ3n) is 2.89. The van der Waals surface area contributed by atoms with Crippen LogP contribution in [0.3, 0.4) is 0 Å². The van der Waals surface area contributed by atoms with Crippen molar-refractivity contribution in [2.75, 3.05) is 33.5 Å². The summed E-state index contributed by atoms with van der Waals surface area (Å²) in [4.78, 5) is 10.4. The molecule has 0 spiro atoms. The maximum absolute atomic E-state index is 10.8. The summed E-state index contributed by atoms with van der Waals surface area (Å²) in [6.07, 6.45) is 0. The van der Waals surface area contributed by atoms with Crippen molar-refractivity contribution in [3.05, 3.63) is 33.9 Å². The molecule has 7 heteroatoms. The SMILES string of the molecule is COCCNCc1cc([N+](=O)[O-])ccc1OCC(C)CO. The predicted molar refractivity (Wildman–Crippen MR) is 78.4 cm³/mol. The molecule has 1 unspecified atom stereocenters. The fourth-order valence-electron chi connectivity index (χ4n) is 1.64. The Bertz CT molecular complexity index is 453. The van der Waals surface area contributed by atoms with Gasteiger partial charge in [-0.15, -0.1) is 0 Å². The van der Waals surface area contributed by atoms with E-state index in [9.17, 15) is 10.1 Å². The topological polar surface area (TPSA) is 93.9 Å². The molecule has 21 heavy (non-hydrogen) atoms. The zero-order valence-corrected chi connectivity index (χ0v) is 12.4. The standard InChI is InChI=1S/C14H22N2O5/c1-11(9-17)10-21-14-4-3-13(16(18)19)7-12(14)8-15-5-6-20-2/h3-4,7,11,15,17H,5-6,8-10H2,1-2H3. The van der Waals surface area contributed by atoms with Crippen LogP contribution in [0.25, 0.3) is 0 Å². The minimum atomic E-state index is -0.432. The maximum Gasteiger partial charge on any atom is 0.270 e. The molecule has 118 valence electrons. The zero-order chi connectivity index (χ0) is 15.7. The second-order valence-corrected chi connectivity index (χ2v) is 4.82. The molecule has 0 amide bonds. The van der Waals surface area contributed by atoms with E-state index < -0.39 is 4.92 Å². The van der Waals surface area contributed by atoms with E-state index in [2.05, 4.69) is 5.32 Å². The monoisotopic (exact) mass is 298 g/mol. The van der Waals surface area contributed by atoms with Crippen LogP contribution in [0.2, 0.25) is 0 Å². The quantitative estimate of drug-likeness (QED) is 0.384. The average Bonchev–Trinajstić information content (AvgIpc) is 2.49. The normalized spacial score (nSPS) is 12.1. The fourth-order valence-corrected chi connectivity index (χ4v) is 1.64. The maximum atomic E-state index is 10.8. The van der Waals surface area contributed by atoms with Crippen molar-refractivity contribution in [1.29, 1.82) is 0 Å². The molecule has 1 aromatic rings. The molecule has 7 nitrogen and oxygen atoms in total. The van der Waals surface area contributed by atoms with Crippen molar-refractivity contribution in [2.45, 2.75) is 13.5 Å². The molecule has 0 fully saturated rings. The van der Waals surface area contributed by atoms with Crippen LogP contribution in [0.4, 0.5) is 5.69 Å². The van der Waals surface area contributed by atoms with Gasteiger partial charge in [-0.25, -0.2) is 0 Å². The van der Waals surface area contributed by atoms with Gasteiger partial charge in [0.2, 0.25) is 0 Å². The molecule has 0 aromatic heterocycles. The van der Waals surface area contributed by atoms with Gasteiger partial charge in [-0.3, -0.25) is 10.1 Å². The molecule has 0 aliphatic carbocycles. The molecule has 1 aromatic carbocycles. The molecular weight excluding hydrogens is 276 g/mol. The molecule has 0 radical (unpaired) electrons. The first-order chi connectivity index (χ1) is 10.1. The smallest absolute Gasteiger partial charge is 0.270 e. The Balaban J connectivity index is 2.76. The van der Waals surface area contributed by atoms with Gasteiger partial charge in [-0.05, 0) is 6.07 Å². The number of rotatable bonds is 10. The van der Waals surface area contributed by atoms with Crippen molar-refractivity contribution in [1.82, 2.24) is 5.32 Å². The number of aliphatic hydroxyl groups is 1. The Labute approximate surface area is 124 Å². The van der Waals surface area contributed by atoms with Crippen LogP contribution in [0.15, 0.2) is 18.2 Å². The van der Waals surface area contributed by atoms with Gasteiger partial charge in [0.1, 0.15) is 5.75 Å². The van der Waals surface area contributed by atoms with E-state index in [4.69, 9.17) is 14.6 Å². The lowest BCUT2D eigenvalue weighted by molar-refractivity contribution is -0.384. The largest absolute Gasteiger partial charge is 0.493 e. The number of nitrogens with zero attached hydrogens (tertiary/aromatic N) is 1. The lowest BCUT2D eigenvalue weighted by atomic mass is 10.1. The Hall–Kier alpha value is -1.70. The second-order valence-electron chi connectivity index (χ2n) is 4.82. The van der Waals surface area contributed by atoms with E-state index in [1.54, 1.807) is 13.2 Å². The van der Waals surface area contributed by atoms with Crippen LogP contribution >= 0.6 is 0 Å². The van der Waals surface area contributed by atoms with Crippen LogP contribution < -0.4 is 10.1 Å². The Morgan fingerprint density at radius 2 is 2.24 bits per heavy atom. The van der Waals surface area contributed by atoms with Gasteiger partial charge in [0, 0.05) is 50.4 Å². The molecular formula is C14H22N2O5. The summed E-state index contributed by atoms with van der Waals surface area (Å²) >= 11 is 0. The molecule has 0 saturated heterocycles.